The summed E-state index contributed by atoms with van der Waals surface area (Å²) in [7, 11) is 0. The third kappa shape index (κ3) is 6.23. The Kier molecular flexibility index (Phi) is 7.99. The number of rotatable bonds is 5. The number of alkyl halides is 3. The van der Waals surface area contributed by atoms with Gasteiger partial charge in [-0.25, -0.2) is 4.79 Å². The molecule has 0 radical (unpaired) electrons. The fraction of sp³-hybridized carbons (Fsp3) is 0.417. The smallest absolute Gasteiger partial charge is 0.452 e. The Bertz CT molecular complexity index is 1110. The lowest BCUT2D eigenvalue weighted by Crippen LogP contribution is -2.54. The van der Waals surface area contributed by atoms with Gasteiger partial charge in [-0.2, -0.15) is 13.2 Å². The molecule has 2 aromatic rings. The number of benzene rings is 2. The van der Waals surface area contributed by atoms with Crippen molar-refractivity contribution in [2.75, 3.05) is 45.0 Å². The highest BCUT2D eigenvalue weighted by atomic mass is 35.5. The highest BCUT2D eigenvalue weighted by Gasteiger charge is 2.47. The van der Waals surface area contributed by atoms with Crippen LogP contribution < -0.4 is 5.73 Å². The molecule has 2 aliphatic rings. The van der Waals surface area contributed by atoms with Crippen molar-refractivity contribution >= 4 is 40.8 Å². The number of hydrogen-bond donors (Lipinski definition) is 1. The van der Waals surface area contributed by atoms with Crippen molar-refractivity contribution in [3.05, 3.63) is 63.6 Å². The summed E-state index contributed by atoms with van der Waals surface area (Å²) in [5.41, 5.74) is 7.39. The SMILES string of the molecule is Nc1cc(Cl)ccc1C(=O)N1C[C@H](OC(=O)C(F)(F)F)[C@@H](N2CCN(Cc3ccc(Cl)cc3)CC2)C1. The van der Waals surface area contributed by atoms with E-state index in [1.807, 2.05) is 29.2 Å². The molecule has 2 N–H and O–H groups in total. The number of carbonyl (C=O) groups is 2. The second kappa shape index (κ2) is 10.8. The summed E-state index contributed by atoms with van der Waals surface area (Å²) in [6.45, 7) is 3.07. The third-order valence-corrected chi connectivity index (χ3v) is 6.94. The van der Waals surface area contributed by atoms with Gasteiger partial charge in [-0.15, -0.1) is 0 Å². The predicted molar refractivity (Wildman–Crippen MR) is 130 cm³/mol. The molecule has 0 aliphatic carbocycles. The summed E-state index contributed by atoms with van der Waals surface area (Å²) < 4.78 is 43.7. The van der Waals surface area contributed by atoms with Crippen LogP contribution in [0.25, 0.3) is 0 Å². The van der Waals surface area contributed by atoms with Gasteiger partial charge in [0.05, 0.1) is 18.2 Å². The Morgan fingerprint density at radius 2 is 1.61 bits per heavy atom. The van der Waals surface area contributed by atoms with Crippen LogP contribution in [0.3, 0.4) is 0 Å². The molecule has 0 bridgehead atoms. The van der Waals surface area contributed by atoms with Crippen molar-refractivity contribution in [3.63, 3.8) is 0 Å². The molecule has 194 valence electrons. The molecule has 12 heteroatoms. The lowest BCUT2D eigenvalue weighted by atomic mass is 10.1. The van der Waals surface area contributed by atoms with Crippen LogP contribution in [-0.4, -0.2) is 84.2 Å². The molecule has 2 fully saturated rings. The van der Waals surface area contributed by atoms with E-state index in [1.165, 1.54) is 23.1 Å². The van der Waals surface area contributed by atoms with Gasteiger partial charge in [0.2, 0.25) is 0 Å². The number of halogens is 5. The summed E-state index contributed by atoms with van der Waals surface area (Å²) in [5.74, 6) is -2.72. The van der Waals surface area contributed by atoms with Gasteiger partial charge in [0.25, 0.3) is 5.91 Å². The van der Waals surface area contributed by atoms with Crippen LogP contribution in [0.1, 0.15) is 15.9 Å². The Morgan fingerprint density at radius 3 is 2.22 bits per heavy atom. The Labute approximate surface area is 216 Å². The molecule has 2 aliphatic heterocycles. The summed E-state index contributed by atoms with van der Waals surface area (Å²) in [4.78, 5) is 30.3. The van der Waals surface area contributed by atoms with E-state index in [-0.39, 0.29) is 24.3 Å². The van der Waals surface area contributed by atoms with Crippen molar-refractivity contribution in [2.45, 2.75) is 24.9 Å². The number of nitrogens with two attached hydrogens (primary N) is 1. The molecule has 0 saturated carbocycles. The molecule has 2 heterocycles. The number of hydrogen-bond acceptors (Lipinski definition) is 6. The number of esters is 1. The Balaban J connectivity index is 1.45. The summed E-state index contributed by atoms with van der Waals surface area (Å²) in [6, 6.07) is 11.4. The van der Waals surface area contributed by atoms with Crippen molar-refractivity contribution < 1.29 is 27.5 Å². The topological polar surface area (TPSA) is 79.1 Å². The molecule has 4 rings (SSSR count). The first kappa shape index (κ1) is 26.5. The van der Waals surface area contributed by atoms with Gasteiger partial charge in [-0.3, -0.25) is 14.6 Å². The first-order chi connectivity index (χ1) is 17.0. The standard InChI is InChI=1S/C24H25Cl2F3N4O3/c25-16-3-1-15(2-4-16)12-31-7-9-32(10-8-31)20-13-33(14-21(20)36-23(35)24(27,28)29)22(34)18-6-5-17(26)11-19(18)30/h1-6,11,20-21H,7-10,12-14,30H2/t20-,21-/m0/s1. The largest absolute Gasteiger partial charge is 0.490 e. The zero-order chi connectivity index (χ0) is 26.0. The highest BCUT2D eigenvalue weighted by molar-refractivity contribution is 6.31. The maximum Gasteiger partial charge on any atom is 0.490 e. The number of amides is 1. The van der Waals surface area contributed by atoms with Gasteiger partial charge in [0.1, 0.15) is 6.10 Å². The van der Waals surface area contributed by atoms with E-state index in [0.717, 1.165) is 5.56 Å². The highest BCUT2D eigenvalue weighted by Crippen LogP contribution is 2.28. The summed E-state index contributed by atoms with van der Waals surface area (Å²) >= 11 is 11.9. The number of carbonyl (C=O) groups excluding carboxylic acids is 2. The molecular weight excluding hydrogens is 520 g/mol. The van der Waals surface area contributed by atoms with E-state index in [0.29, 0.717) is 42.8 Å². The lowest BCUT2D eigenvalue weighted by molar-refractivity contribution is -0.206. The van der Waals surface area contributed by atoms with Gasteiger partial charge in [-0.1, -0.05) is 35.3 Å². The Hall–Kier alpha value is -2.53. The normalized spacial score (nSPS) is 21.5. The molecule has 1 amide bonds. The van der Waals surface area contributed by atoms with E-state index in [4.69, 9.17) is 33.7 Å². The van der Waals surface area contributed by atoms with Gasteiger partial charge >= 0.3 is 12.1 Å². The molecule has 7 nitrogen and oxygen atoms in total. The first-order valence-corrected chi connectivity index (χ1v) is 12.1. The Morgan fingerprint density at radius 1 is 0.972 bits per heavy atom. The number of likely N-dealkylation sites (tertiary alicyclic amines) is 1. The fourth-order valence-corrected chi connectivity index (χ4v) is 4.90. The fourth-order valence-electron chi connectivity index (χ4n) is 4.59. The second-order valence-corrected chi connectivity index (χ2v) is 9.76. The zero-order valence-electron chi connectivity index (χ0n) is 19.2. The maximum atomic E-state index is 13.1. The van der Waals surface area contributed by atoms with Gasteiger partial charge in [-0.05, 0) is 35.9 Å². The molecule has 2 atom stereocenters. The molecule has 0 spiro atoms. The number of anilines is 1. The molecule has 0 unspecified atom stereocenters. The molecule has 0 aromatic heterocycles. The minimum atomic E-state index is -5.13. The third-order valence-electron chi connectivity index (χ3n) is 6.45. The molecule has 36 heavy (non-hydrogen) atoms. The molecule has 2 saturated heterocycles. The lowest BCUT2D eigenvalue weighted by Gasteiger charge is -2.39. The average molecular weight is 545 g/mol. The van der Waals surface area contributed by atoms with E-state index in [2.05, 4.69) is 4.90 Å². The average Bonchev–Trinajstić information content (AvgIpc) is 3.24. The number of ether oxygens (including phenoxy) is 1. The van der Waals surface area contributed by atoms with E-state index in [9.17, 15) is 22.8 Å². The van der Waals surface area contributed by atoms with Crippen molar-refractivity contribution in [2.24, 2.45) is 0 Å². The van der Waals surface area contributed by atoms with Crippen LogP contribution in [0.2, 0.25) is 10.0 Å². The molecular formula is C24H25Cl2F3N4O3. The minimum absolute atomic E-state index is 0.105. The van der Waals surface area contributed by atoms with E-state index >= 15 is 0 Å². The van der Waals surface area contributed by atoms with Crippen LogP contribution in [0.5, 0.6) is 0 Å². The minimum Gasteiger partial charge on any atom is -0.452 e. The van der Waals surface area contributed by atoms with Crippen LogP contribution in [0.4, 0.5) is 18.9 Å². The van der Waals surface area contributed by atoms with E-state index < -0.39 is 30.2 Å². The predicted octanol–water partition coefficient (Wildman–Crippen LogP) is 3.69. The first-order valence-electron chi connectivity index (χ1n) is 11.3. The van der Waals surface area contributed by atoms with Crippen LogP contribution in [-0.2, 0) is 16.1 Å². The van der Waals surface area contributed by atoms with Crippen molar-refractivity contribution in [1.29, 1.82) is 0 Å². The van der Waals surface area contributed by atoms with Gasteiger partial charge in [0.15, 0.2) is 0 Å². The summed E-state index contributed by atoms with van der Waals surface area (Å²) in [5, 5.41) is 1.01. The van der Waals surface area contributed by atoms with Crippen LogP contribution in [0, 0.1) is 0 Å². The van der Waals surface area contributed by atoms with Gasteiger partial charge in [0, 0.05) is 55.0 Å². The van der Waals surface area contributed by atoms with E-state index in [1.54, 1.807) is 0 Å². The molecule has 2 aromatic carbocycles. The van der Waals surface area contributed by atoms with Crippen molar-refractivity contribution in [3.8, 4) is 0 Å². The van der Waals surface area contributed by atoms with Crippen molar-refractivity contribution in [1.82, 2.24) is 14.7 Å². The van der Waals surface area contributed by atoms with Crippen LogP contribution >= 0.6 is 23.2 Å². The van der Waals surface area contributed by atoms with Crippen LogP contribution in [0.15, 0.2) is 42.5 Å². The monoisotopic (exact) mass is 544 g/mol. The second-order valence-electron chi connectivity index (χ2n) is 8.89. The number of piperazine rings is 1. The van der Waals surface area contributed by atoms with Gasteiger partial charge < -0.3 is 15.4 Å². The quantitative estimate of drug-likeness (QED) is 0.456. The number of nitrogens with zero attached hydrogens (tertiary/aromatic N) is 3. The maximum absolute atomic E-state index is 13.1. The zero-order valence-corrected chi connectivity index (χ0v) is 20.7. The number of nitrogen functional groups attached to an aromatic ring is 1. The summed E-state index contributed by atoms with van der Waals surface area (Å²) in [6.07, 6.45) is -6.25.